The molecule has 164 valence electrons. The largest absolute Gasteiger partial charge is 0.348 e. The van der Waals surface area contributed by atoms with Gasteiger partial charge in [-0.1, -0.05) is 6.07 Å². The van der Waals surface area contributed by atoms with E-state index in [2.05, 4.69) is 4.98 Å². The van der Waals surface area contributed by atoms with Crippen LogP contribution in [0.25, 0.3) is 0 Å². The smallest absolute Gasteiger partial charge is 0.185 e. The highest BCUT2D eigenvalue weighted by molar-refractivity contribution is 7.92. The number of nitrogens with zero attached hydrogens (tertiary/aromatic N) is 2. The molecule has 9 heteroatoms. The van der Waals surface area contributed by atoms with Gasteiger partial charge in [-0.3, -0.25) is 0 Å². The number of aryl methyl sites for hydroxylation is 1. The third kappa shape index (κ3) is 4.77. The number of thiazole rings is 1. The van der Waals surface area contributed by atoms with E-state index in [1.807, 2.05) is 10.3 Å². The molecule has 2 aromatic carbocycles. The Bertz CT molecular complexity index is 1180. The molecule has 0 radical (unpaired) electrons. The molecule has 1 saturated heterocycles. The van der Waals surface area contributed by atoms with E-state index in [1.54, 1.807) is 6.92 Å². The summed E-state index contributed by atoms with van der Waals surface area (Å²) in [6.07, 6.45) is 1.15. The molecule has 4 nitrogen and oxygen atoms in total. The number of rotatable bonds is 5. The normalized spacial score (nSPS) is 15.4. The van der Waals surface area contributed by atoms with E-state index in [4.69, 9.17) is 0 Å². The first-order valence-electron chi connectivity index (χ1n) is 9.87. The SMILES string of the molecule is Cc1ccc(F)cc1S(=O)(=O)C1CCN(c2nc(Cc3cc(F)cc(F)c3)cs2)CC1. The third-order valence-electron chi connectivity index (χ3n) is 5.46. The van der Waals surface area contributed by atoms with Gasteiger partial charge in [0.05, 0.1) is 15.8 Å². The molecule has 1 aromatic heterocycles. The summed E-state index contributed by atoms with van der Waals surface area (Å²) in [5.41, 5.74) is 1.75. The summed E-state index contributed by atoms with van der Waals surface area (Å²) in [5, 5.41) is 2.03. The molecule has 0 N–H and O–H groups in total. The molecule has 0 unspecified atom stereocenters. The molecule has 0 amide bonds. The molecule has 0 aliphatic carbocycles. The number of halogens is 3. The van der Waals surface area contributed by atoms with E-state index in [1.165, 1.54) is 35.6 Å². The van der Waals surface area contributed by atoms with Gasteiger partial charge in [-0.05, 0) is 55.2 Å². The number of sulfone groups is 1. The second-order valence-electron chi connectivity index (χ2n) is 7.72. The third-order valence-corrected chi connectivity index (χ3v) is 8.81. The van der Waals surface area contributed by atoms with Crippen molar-refractivity contribution in [3.8, 4) is 0 Å². The second kappa shape index (κ2) is 8.63. The number of anilines is 1. The number of benzene rings is 2. The predicted molar refractivity (Wildman–Crippen MR) is 115 cm³/mol. The molecular weight excluding hydrogens is 445 g/mol. The van der Waals surface area contributed by atoms with Crippen molar-refractivity contribution in [3.05, 3.63) is 76.1 Å². The Labute approximate surface area is 183 Å². The molecule has 1 fully saturated rings. The number of piperidine rings is 1. The van der Waals surface area contributed by atoms with Gasteiger partial charge >= 0.3 is 0 Å². The maximum absolute atomic E-state index is 13.6. The van der Waals surface area contributed by atoms with E-state index in [9.17, 15) is 21.6 Å². The quantitative estimate of drug-likeness (QED) is 0.537. The van der Waals surface area contributed by atoms with Crippen LogP contribution in [0, 0.1) is 24.4 Å². The van der Waals surface area contributed by atoms with Crippen molar-refractivity contribution in [1.29, 1.82) is 0 Å². The van der Waals surface area contributed by atoms with Crippen LogP contribution in [0.5, 0.6) is 0 Å². The topological polar surface area (TPSA) is 50.3 Å². The number of aromatic nitrogens is 1. The van der Waals surface area contributed by atoms with Crippen LogP contribution in [0.1, 0.15) is 29.7 Å². The van der Waals surface area contributed by atoms with Crippen LogP contribution in [-0.2, 0) is 16.3 Å². The summed E-state index contributed by atoms with van der Waals surface area (Å²) in [4.78, 5) is 6.64. The zero-order valence-corrected chi connectivity index (χ0v) is 18.4. The highest BCUT2D eigenvalue weighted by Crippen LogP contribution is 2.31. The van der Waals surface area contributed by atoms with E-state index in [-0.39, 0.29) is 4.90 Å². The van der Waals surface area contributed by atoms with Crippen molar-refractivity contribution in [2.24, 2.45) is 0 Å². The fraction of sp³-hybridized carbons (Fsp3) is 0.318. The summed E-state index contributed by atoms with van der Waals surface area (Å²) in [7, 11) is -3.62. The average molecular weight is 467 g/mol. The predicted octanol–water partition coefficient (Wildman–Crippen LogP) is 4.90. The fourth-order valence-corrected chi connectivity index (χ4v) is 6.73. The molecule has 0 saturated carbocycles. The van der Waals surface area contributed by atoms with Crippen LogP contribution in [-0.4, -0.2) is 31.7 Å². The summed E-state index contributed by atoms with van der Waals surface area (Å²) >= 11 is 1.42. The lowest BCUT2D eigenvalue weighted by Crippen LogP contribution is -2.39. The molecule has 2 heterocycles. The van der Waals surface area contributed by atoms with Crippen molar-refractivity contribution in [1.82, 2.24) is 4.98 Å². The Morgan fingerprint density at radius 1 is 1.03 bits per heavy atom. The van der Waals surface area contributed by atoms with Gasteiger partial charge in [0, 0.05) is 31.0 Å². The van der Waals surface area contributed by atoms with Gasteiger partial charge in [0.25, 0.3) is 0 Å². The minimum absolute atomic E-state index is 0.0600. The lowest BCUT2D eigenvalue weighted by molar-refractivity contribution is 0.527. The van der Waals surface area contributed by atoms with Gasteiger partial charge < -0.3 is 4.90 Å². The summed E-state index contributed by atoms with van der Waals surface area (Å²) in [6.45, 7) is 2.70. The monoisotopic (exact) mass is 466 g/mol. The summed E-state index contributed by atoms with van der Waals surface area (Å²) < 4.78 is 66.4. The number of hydrogen-bond acceptors (Lipinski definition) is 5. The van der Waals surface area contributed by atoms with E-state index >= 15 is 0 Å². The Balaban J connectivity index is 1.43. The van der Waals surface area contributed by atoms with Crippen molar-refractivity contribution < 1.29 is 21.6 Å². The standard InChI is InChI=1S/C22H21F3N2O2S2/c1-14-2-3-16(23)12-21(14)31(28,29)20-4-6-27(7-5-20)22-26-19(13-30-22)10-15-8-17(24)11-18(25)9-15/h2-3,8-9,11-13,20H,4-7,10H2,1H3. The number of hydrogen-bond donors (Lipinski definition) is 0. The summed E-state index contributed by atoms with van der Waals surface area (Å²) in [5.74, 6) is -1.81. The molecule has 4 rings (SSSR count). The fourth-order valence-electron chi connectivity index (χ4n) is 3.86. The average Bonchev–Trinajstić information content (AvgIpc) is 3.17. The van der Waals surface area contributed by atoms with Crippen molar-refractivity contribution in [3.63, 3.8) is 0 Å². The first-order chi connectivity index (χ1) is 14.7. The molecule has 3 aromatic rings. The molecule has 1 aliphatic heterocycles. The van der Waals surface area contributed by atoms with Crippen LogP contribution >= 0.6 is 11.3 Å². The van der Waals surface area contributed by atoms with Crippen LogP contribution in [0.3, 0.4) is 0 Å². The Morgan fingerprint density at radius 3 is 2.39 bits per heavy atom. The zero-order valence-electron chi connectivity index (χ0n) is 16.8. The molecule has 1 aliphatic rings. The van der Waals surface area contributed by atoms with Gasteiger partial charge in [0.1, 0.15) is 17.5 Å². The Morgan fingerprint density at radius 2 is 1.71 bits per heavy atom. The molecular formula is C22H21F3N2O2S2. The van der Waals surface area contributed by atoms with E-state index in [0.717, 1.165) is 17.3 Å². The van der Waals surface area contributed by atoms with Crippen molar-refractivity contribution in [2.45, 2.75) is 36.3 Å². The maximum Gasteiger partial charge on any atom is 0.185 e. The maximum atomic E-state index is 13.6. The van der Waals surface area contributed by atoms with Gasteiger partial charge in [-0.25, -0.2) is 26.6 Å². The second-order valence-corrected chi connectivity index (χ2v) is 10.8. The molecule has 31 heavy (non-hydrogen) atoms. The first kappa shape index (κ1) is 21.8. The summed E-state index contributed by atoms with van der Waals surface area (Å²) in [6, 6.07) is 7.24. The Kier molecular flexibility index (Phi) is 6.07. The van der Waals surface area contributed by atoms with Crippen LogP contribution in [0.2, 0.25) is 0 Å². The van der Waals surface area contributed by atoms with E-state index < -0.39 is 32.5 Å². The van der Waals surface area contributed by atoms with Crippen molar-refractivity contribution in [2.75, 3.05) is 18.0 Å². The lowest BCUT2D eigenvalue weighted by Gasteiger charge is -2.31. The first-order valence-corrected chi connectivity index (χ1v) is 12.3. The van der Waals surface area contributed by atoms with Crippen LogP contribution < -0.4 is 4.90 Å². The van der Waals surface area contributed by atoms with Gasteiger partial charge in [0.15, 0.2) is 15.0 Å². The minimum atomic E-state index is -3.62. The molecule has 0 atom stereocenters. The van der Waals surface area contributed by atoms with Gasteiger partial charge in [-0.2, -0.15) is 0 Å². The minimum Gasteiger partial charge on any atom is -0.348 e. The molecule has 0 spiro atoms. The zero-order chi connectivity index (χ0) is 22.2. The van der Waals surface area contributed by atoms with Crippen molar-refractivity contribution >= 4 is 26.3 Å². The highest BCUT2D eigenvalue weighted by atomic mass is 32.2. The highest BCUT2D eigenvalue weighted by Gasteiger charge is 2.33. The van der Waals surface area contributed by atoms with Gasteiger partial charge in [-0.15, -0.1) is 11.3 Å². The Hall–Kier alpha value is -2.39. The molecule has 0 bridgehead atoms. The van der Waals surface area contributed by atoms with Crippen LogP contribution in [0.4, 0.5) is 18.3 Å². The van der Waals surface area contributed by atoms with E-state index in [0.29, 0.717) is 49.2 Å². The van der Waals surface area contributed by atoms with Crippen LogP contribution in [0.15, 0.2) is 46.7 Å². The van der Waals surface area contributed by atoms with Gasteiger partial charge in [0.2, 0.25) is 0 Å². The lowest BCUT2D eigenvalue weighted by atomic mass is 10.1.